The molecule has 3 N–H and O–H groups in total. The summed E-state index contributed by atoms with van der Waals surface area (Å²) < 4.78 is 0. The third-order valence-electron chi connectivity index (χ3n) is 4.74. The van der Waals surface area contributed by atoms with Crippen LogP contribution in [-0.2, 0) is 6.42 Å². The number of carbonyl (C=O) groups excluding carboxylic acids is 1. The van der Waals surface area contributed by atoms with Crippen molar-refractivity contribution in [2.24, 2.45) is 10.8 Å². The Morgan fingerprint density at radius 3 is 2.67 bits per heavy atom. The average molecular weight is 304 g/mol. The van der Waals surface area contributed by atoms with Gasteiger partial charge in [-0.2, -0.15) is 5.26 Å². The maximum absolute atomic E-state index is 12.8. The van der Waals surface area contributed by atoms with E-state index in [1.807, 2.05) is 0 Å². The molecule has 110 valence electrons. The third-order valence-corrected chi connectivity index (χ3v) is 5.80. The average Bonchev–Trinajstić information content (AvgIpc) is 3.03. The van der Waals surface area contributed by atoms with Crippen LogP contribution < -0.4 is 5.73 Å². The van der Waals surface area contributed by atoms with Crippen molar-refractivity contribution in [3.63, 3.8) is 0 Å². The van der Waals surface area contributed by atoms with E-state index in [1.54, 1.807) is 0 Å². The number of fused-ring (bicyclic) bond motifs is 1. The molecule has 0 saturated heterocycles. The van der Waals surface area contributed by atoms with Crippen LogP contribution in [-0.4, -0.2) is 16.9 Å². The quantitative estimate of drug-likeness (QED) is 0.893. The lowest BCUT2D eigenvalue weighted by Crippen LogP contribution is -2.36. The van der Waals surface area contributed by atoms with Crippen molar-refractivity contribution in [3.8, 4) is 6.07 Å². The molecule has 5 nitrogen and oxygen atoms in total. The van der Waals surface area contributed by atoms with Gasteiger partial charge in [0.05, 0.1) is 16.5 Å². The van der Waals surface area contributed by atoms with E-state index in [2.05, 4.69) is 13.0 Å². The Balaban J connectivity index is 2.05. The summed E-state index contributed by atoms with van der Waals surface area (Å²) in [6, 6.07) is 2.23. The van der Waals surface area contributed by atoms with Gasteiger partial charge in [-0.25, -0.2) is 4.79 Å². The summed E-state index contributed by atoms with van der Waals surface area (Å²) >= 11 is 1.01. The van der Waals surface area contributed by atoms with E-state index >= 15 is 0 Å². The van der Waals surface area contributed by atoms with Gasteiger partial charge in [-0.1, -0.05) is 6.92 Å². The molecule has 0 aliphatic heterocycles. The fourth-order valence-electron chi connectivity index (χ4n) is 3.24. The van der Waals surface area contributed by atoms with Crippen molar-refractivity contribution >= 4 is 28.1 Å². The molecule has 0 aromatic carbocycles. The summed E-state index contributed by atoms with van der Waals surface area (Å²) in [6.45, 7) is 2.10. The first-order valence-corrected chi connectivity index (χ1v) is 7.74. The monoisotopic (exact) mass is 304 g/mol. The highest BCUT2D eigenvalue weighted by Gasteiger charge is 2.52. The van der Waals surface area contributed by atoms with Crippen LogP contribution in [0.1, 0.15) is 58.2 Å². The van der Waals surface area contributed by atoms with Gasteiger partial charge in [0.1, 0.15) is 10.4 Å². The summed E-state index contributed by atoms with van der Waals surface area (Å²) in [6.07, 6.45) is 3.48. The number of hydrogen-bond acceptors (Lipinski definition) is 5. The number of aromatic carboxylic acids is 1. The number of nitrogen functional groups attached to an aromatic ring is 1. The lowest BCUT2D eigenvalue weighted by molar-refractivity contribution is 0.0696. The number of nitrogens with zero attached hydrogens (tertiary/aromatic N) is 1. The Bertz CT molecular complexity index is 697. The van der Waals surface area contributed by atoms with Crippen molar-refractivity contribution in [1.29, 1.82) is 5.26 Å². The standard InChI is InChI=1S/C15H16N2O3S/c1-14(4-5-14)6-15(7-16)3-2-8-9(13(19)20)12(17)21-10(8)11(15)18/h2-6,17H2,1H3,(H,19,20). The topological polar surface area (TPSA) is 104 Å². The predicted octanol–water partition coefficient (Wildman–Crippen LogP) is 2.86. The molecule has 1 heterocycles. The van der Waals surface area contributed by atoms with Gasteiger partial charge >= 0.3 is 5.97 Å². The largest absolute Gasteiger partial charge is 0.478 e. The van der Waals surface area contributed by atoms with Gasteiger partial charge in [-0.3, -0.25) is 4.79 Å². The molecular formula is C15H16N2O3S. The fraction of sp³-hybridized carbons (Fsp3) is 0.533. The van der Waals surface area contributed by atoms with Gasteiger partial charge in [0.25, 0.3) is 0 Å². The second-order valence-corrected chi connectivity index (χ2v) is 7.52. The van der Waals surface area contributed by atoms with Gasteiger partial charge in [0.15, 0.2) is 5.78 Å². The molecule has 1 atom stereocenters. The highest BCUT2D eigenvalue weighted by molar-refractivity contribution is 7.18. The first-order valence-electron chi connectivity index (χ1n) is 6.92. The fourth-order valence-corrected chi connectivity index (χ4v) is 4.39. The predicted molar refractivity (Wildman–Crippen MR) is 78.3 cm³/mol. The first-order chi connectivity index (χ1) is 9.82. The van der Waals surface area contributed by atoms with Gasteiger partial charge in [-0.15, -0.1) is 11.3 Å². The normalized spacial score (nSPS) is 26.0. The van der Waals surface area contributed by atoms with Gasteiger partial charge in [-0.05, 0) is 43.1 Å². The maximum atomic E-state index is 12.8. The number of thiophene rings is 1. The molecule has 0 spiro atoms. The highest BCUT2D eigenvalue weighted by Crippen LogP contribution is 2.56. The molecule has 2 aliphatic rings. The van der Waals surface area contributed by atoms with Crippen LogP contribution in [0.3, 0.4) is 0 Å². The Morgan fingerprint density at radius 1 is 1.48 bits per heavy atom. The Hall–Kier alpha value is -1.87. The number of carboxylic acid groups (broad SMARTS) is 1. The molecule has 1 aromatic heterocycles. The third kappa shape index (κ3) is 2.04. The summed E-state index contributed by atoms with van der Waals surface area (Å²) in [5.74, 6) is -1.33. The highest BCUT2D eigenvalue weighted by atomic mass is 32.1. The summed E-state index contributed by atoms with van der Waals surface area (Å²) in [4.78, 5) is 24.5. The molecule has 2 aliphatic carbocycles. The minimum atomic E-state index is -1.10. The molecule has 1 unspecified atom stereocenters. The molecule has 0 bridgehead atoms. The second-order valence-electron chi connectivity index (χ2n) is 6.46. The lowest BCUT2D eigenvalue weighted by Gasteiger charge is -2.31. The number of anilines is 1. The number of rotatable bonds is 3. The van der Waals surface area contributed by atoms with E-state index < -0.39 is 11.4 Å². The molecule has 1 fully saturated rings. The van der Waals surface area contributed by atoms with E-state index in [1.165, 1.54) is 0 Å². The second kappa shape index (κ2) is 4.31. The number of carbonyl (C=O) groups is 2. The molecule has 1 saturated carbocycles. The zero-order valence-corrected chi connectivity index (χ0v) is 12.5. The zero-order chi connectivity index (χ0) is 15.4. The number of Topliss-reactive ketones (excluding diaryl/α,β-unsaturated/α-hetero) is 1. The Kier molecular flexibility index (Phi) is 2.89. The van der Waals surface area contributed by atoms with Gasteiger partial charge < -0.3 is 10.8 Å². The van der Waals surface area contributed by atoms with Crippen molar-refractivity contribution in [2.45, 2.75) is 39.0 Å². The van der Waals surface area contributed by atoms with E-state index in [-0.39, 0.29) is 21.8 Å². The van der Waals surface area contributed by atoms with Crippen LogP contribution in [0, 0.1) is 22.2 Å². The minimum Gasteiger partial charge on any atom is -0.478 e. The van der Waals surface area contributed by atoms with Gasteiger partial charge in [0.2, 0.25) is 0 Å². The van der Waals surface area contributed by atoms with E-state index in [9.17, 15) is 20.0 Å². The van der Waals surface area contributed by atoms with Crippen molar-refractivity contribution < 1.29 is 14.7 Å². The molecule has 0 radical (unpaired) electrons. The van der Waals surface area contributed by atoms with Gasteiger partial charge in [0, 0.05) is 0 Å². The Morgan fingerprint density at radius 2 is 2.14 bits per heavy atom. The molecule has 6 heteroatoms. The maximum Gasteiger partial charge on any atom is 0.338 e. The zero-order valence-electron chi connectivity index (χ0n) is 11.7. The first kappa shape index (κ1) is 14.1. The van der Waals surface area contributed by atoms with E-state index in [0.29, 0.717) is 29.7 Å². The minimum absolute atomic E-state index is 0.0486. The van der Waals surface area contributed by atoms with Crippen molar-refractivity contribution in [2.75, 3.05) is 5.73 Å². The molecule has 0 amide bonds. The van der Waals surface area contributed by atoms with Crippen LogP contribution >= 0.6 is 11.3 Å². The SMILES string of the molecule is CC1(CC2(C#N)CCc3c(sc(N)c3C(=O)O)C2=O)CC1. The number of carboxylic acids is 1. The van der Waals surface area contributed by atoms with E-state index in [0.717, 1.165) is 24.2 Å². The number of nitriles is 1. The lowest BCUT2D eigenvalue weighted by atomic mass is 9.68. The number of nitrogens with two attached hydrogens (primary N) is 1. The number of hydrogen-bond donors (Lipinski definition) is 2. The summed E-state index contributed by atoms with van der Waals surface area (Å²) in [5.41, 5.74) is 5.40. The van der Waals surface area contributed by atoms with Crippen molar-refractivity contribution in [1.82, 2.24) is 0 Å². The number of ketones is 1. The van der Waals surface area contributed by atoms with Crippen LogP contribution in [0.2, 0.25) is 0 Å². The summed E-state index contributed by atoms with van der Waals surface area (Å²) in [5, 5.41) is 19.0. The van der Waals surface area contributed by atoms with Crippen LogP contribution in [0.15, 0.2) is 0 Å². The van der Waals surface area contributed by atoms with Crippen LogP contribution in [0.5, 0.6) is 0 Å². The Labute approximate surface area is 126 Å². The van der Waals surface area contributed by atoms with Crippen LogP contribution in [0.4, 0.5) is 5.00 Å². The smallest absolute Gasteiger partial charge is 0.338 e. The van der Waals surface area contributed by atoms with E-state index in [4.69, 9.17) is 5.73 Å². The van der Waals surface area contributed by atoms with Crippen molar-refractivity contribution in [3.05, 3.63) is 16.0 Å². The van der Waals surface area contributed by atoms with Crippen LogP contribution in [0.25, 0.3) is 0 Å². The molecule has 3 rings (SSSR count). The molecular weight excluding hydrogens is 288 g/mol. The molecule has 21 heavy (non-hydrogen) atoms. The summed E-state index contributed by atoms with van der Waals surface area (Å²) in [7, 11) is 0. The molecule has 1 aromatic rings.